The molecule has 1 aromatic carbocycles. The second-order valence-corrected chi connectivity index (χ2v) is 6.56. The number of halogens is 1. The Bertz CT molecular complexity index is 450. The number of hydrogen-bond acceptors (Lipinski definition) is 4. The molecule has 0 aliphatic carbocycles. The van der Waals surface area contributed by atoms with E-state index in [0.717, 1.165) is 24.5 Å². The molecule has 2 rings (SSSR count). The number of rotatable bonds is 6. The monoisotopic (exact) mass is 344 g/mol. The highest BCUT2D eigenvalue weighted by atomic mass is 35.5. The third-order valence-electron chi connectivity index (χ3n) is 3.50. The van der Waals surface area contributed by atoms with Crippen molar-refractivity contribution < 1.29 is 9.53 Å². The minimum absolute atomic E-state index is 0. The first-order chi connectivity index (χ1) is 10.2. The lowest BCUT2D eigenvalue weighted by Crippen LogP contribution is -2.44. The van der Waals surface area contributed by atoms with Crippen molar-refractivity contribution in [1.82, 2.24) is 10.6 Å². The summed E-state index contributed by atoms with van der Waals surface area (Å²) in [6, 6.07) is 8.57. The Kier molecular flexibility index (Phi) is 8.86. The van der Waals surface area contributed by atoms with E-state index >= 15 is 0 Å². The van der Waals surface area contributed by atoms with Gasteiger partial charge in [0, 0.05) is 23.9 Å². The van der Waals surface area contributed by atoms with Crippen LogP contribution in [0.4, 0.5) is 0 Å². The number of hydrogen-bond donors (Lipinski definition) is 2. The van der Waals surface area contributed by atoms with E-state index in [-0.39, 0.29) is 30.4 Å². The highest BCUT2D eigenvalue weighted by molar-refractivity contribution is 7.99. The maximum atomic E-state index is 12.1. The average Bonchev–Trinajstić information content (AvgIpc) is 2.49. The van der Waals surface area contributed by atoms with Gasteiger partial charge in [0.25, 0.3) is 0 Å². The highest BCUT2D eigenvalue weighted by Crippen LogP contribution is 2.20. The van der Waals surface area contributed by atoms with E-state index < -0.39 is 0 Å². The topological polar surface area (TPSA) is 50.4 Å². The number of amides is 1. The third-order valence-corrected chi connectivity index (χ3v) is 4.39. The Hall–Kier alpha value is -0.750. The van der Waals surface area contributed by atoms with Gasteiger partial charge in [-0.25, -0.2) is 0 Å². The summed E-state index contributed by atoms with van der Waals surface area (Å²) < 4.78 is 5.36. The molecule has 1 amide bonds. The molecule has 0 saturated carbocycles. The lowest BCUT2D eigenvalue weighted by Gasteiger charge is -2.24. The van der Waals surface area contributed by atoms with Gasteiger partial charge in [0.1, 0.15) is 0 Å². The molecule has 1 aromatic rings. The molecule has 0 aromatic heterocycles. The van der Waals surface area contributed by atoms with Crippen LogP contribution in [0.15, 0.2) is 29.2 Å². The quantitative estimate of drug-likeness (QED) is 0.779. The van der Waals surface area contributed by atoms with Crippen LogP contribution in [0.3, 0.4) is 0 Å². The van der Waals surface area contributed by atoms with Crippen LogP contribution >= 0.6 is 24.2 Å². The summed E-state index contributed by atoms with van der Waals surface area (Å²) in [5.41, 5.74) is 1.14. The molecule has 2 N–H and O–H groups in total. The van der Waals surface area contributed by atoms with Crippen LogP contribution in [-0.4, -0.2) is 37.5 Å². The fraction of sp³-hybridized carbons (Fsp3) is 0.562. The minimum atomic E-state index is 0. The average molecular weight is 345 g/mol. The van der Waals surface area contributed by atoms with Crippen molar-refractivity contribution in [3.8, 4) is 0 Å². The zero-order valence-corrected chi connectivity index (χ0v) is 14.8. The van der Waals surface area contributed by atoms with Gasteiger partial charge in [-0.1, -0.05) is 19.1 Å². The maximum absolute atomic E-state index is 12.1. The standard InChI is InChI=1S/C16H24N2O2S.ClH/c1-3-21-15-6-4-13(5-7-15)12(2)18-16(19)10-14-11-20-9-8-17-14;/h4-7,12,14,17H,3,8-11H2,1-2H3,(H,18,19);1H. The summed E-state index contributed by atoms with van der Waals surface area (Å²) in [4.78, 5) is 13.3. The smallest absolute Gasteiger partial charge is 0.222 e. The van der Waals surface area contributed by atoms with Gasteiger partial charge in [0.2, 0.25) is 5.91 Å². The van der Waals surface area contributed by atoms with E-state index in [4.69, 9.17) is 4.74 Å². The van der Waals surface area contributed by atoms with E-state index in [1.807, 2.05) is 18.7 Å². The van der Waals surface area contributed by atoms with Crippen molar-refractivity contribution in [3.05, 3.63) is 29.8 Å². The van der Waals surface area contributed by atoms with Crippen LogP contribution in [0, 0.1) is 0 Å². The predicted octanol–water partition coefficient (Wildman–Crippen LogP) is 2.78. The van der Waals surface area contributed by atoms with E-state index in [1.165, 1.54) is 4.90 Å². The summed E-state index contributed by atoms with van der Waals surface area (Å²) in [5.74, 6) is 1.14. The number of benzene rings is 1. The van der Waals surface area contributed by atoms with Gasteiger partial charge in [-0.3, -0.25) is 4.79 Å². The molecular formula is C16H25ClN2O2S. The van der Waals surface area contributed by atoms with E-state index in [1.54, 1.807) is 0 Å². The van der Waals surface area contributed by atoms with Crippen molar-refractivity contribution in [2.45, 2.75) is 37.2 Å². The van der Waals surface area contributed by atoms with E-state index in [0.29, 0.717) is 13.0 Å². The summed E-state index contributed by atoms with van der Waals surface area (Å²) in [6.07, 6.45) is 0.466. The molecule has 6 heteroatoms. The van der Waals surface area contributed by atoms with Gasteiger partial charge in [0.05, 0.1) is 19.3 Å². The van der Waals surface area contributed by atoms with Crippen molar-refractivity contribution in [2.24, 2.45) is 0 Å². The van der Waals surface area contributed by atoms with Crippen molar-refractivity contribution in [1.29, 1.82) is 0 Å². The molecule has 124 valence electrons. The Morgan fingerprint density at radius 1 is 1.45 bits per heavy atom. The first-order valence-corrected chi connectivity index (χ1v) is 8.51. The third kappa shape index (κ3) is 6.16. The molecule has 2 unspecified atom stereocenters. The van der Waals surface area contributed by atoms with Gasteiger partial charge in [-0.05, 0) is 30.4 Å². The summed E-state index contributed by atoms with van der Waals surface area (Å²) in [7, 11) is 0. The van der Waals surface area contributed by atoms with Crippen molar-refractivity contribution in [3.63, 3.8) is 0 Å². The van der Waals surface area contributed by atoms with Crippen molar-refractivity contribution >= 4 is 30.1 Å². The van der Waals surface area contributed by atoms with Crippen LogP contribution < -0.4 is 10.6 Å². The second kappa shape index (κ2) is 10.1. The van der Waals surface area contributed by atoms with E-state index in [2.05, 4.69) is 41.8 Å². The lowest BCUT2D eigenvalue weighted by molar-refractivity contribution is -0.122. The van der Waals surface area contributed by atoms with Gasteiger partial charge in [-0.15, -0.1) is 24.2 Å². The van der Waals surface area contributed by atoms with Gasteiger partial charge in [-0.2, -0.15) is 0 Å². The van der Waals surface area contributed by atoms with Crippen LogP contribution in [0.5, 0.6) is 0 Å². The van der Waals surface area contributed by atoms with Crippen LogP contribution in [0.1, 0.15) is 31.9 Å². The fourth-order valence-corrected chi connectivity index (χ4v) is 3.04. The Labute approximate surface area is 143 Å². The van der Waals surface area contributed by atoms with Gasteiger partial charge in [0.15, 0.2) is 0 Å². The molecule has 1 aliphatic heterocycles. The van der Waals surface area contributed by atoms with Crippen LogP contribution in [-0.2, 0) is 9.53 Å². The minimum Gasteiger partial charge on any atom is -0.378 e. The van der Waals surface area contributed by atoms with Crippen LogP contribution in [0.2, 0.25) is 0 Å². The molecule has 22 heavy (non-hydrogen) atoms. The number of nitrogens with one attached hydrogen (secondary N) is 2. The van der Waals surface area contributed by atoms with Crippen molar-refractivity contribution in [2.75, 3.05) is 25.5 Å². The Morgan fingerprint density at radius 2 is 2.18 bits per heavy atom. The molecule has 1 fully saturated rings. The molecule has 1 heterocycles. The normalized spacial score (nSPS) is 19.1. The van der Waals surface area contributed by atoms with E-state index in [9.17, 15) is 4.79 Å². The number of morpholine rings is 1. The predicted molar refractivity (Wildman–Crippen MR) is 93.9 cm³/mol. The molecule has 4 nitrogen and oxygen atoms in total. The Morgan fingerprint density at radius 3 is 2.77 bits per heavy atom. The lowest BCUT2D eigenvalue weighted by atomic mass is 10.1. The fourth-order valence-electron chi connectivity index (χ4n) is 2.38. The molecule has 1 aliphatic rings. The first kappa shape index (κ1) is 19.3. The zero-order valence-electron chi connectivity index (χ0n) is 13.1. The van der Waals surface area contributed by atoms with Gasteiger partial charge >= 0.3 is 0 Å². The maximum Gasteiger partial charge on any atom is 0.222 e. The number of carbonyl (C=O) groups is 1. The van der Waals surface area contributed by atoms with Gasteiger partial charge < -0.3 is 15.4 Å². The number of ether oxygens (including phenoxy) is 1. The number of thioether (sulfide) groups is 1. The first-order valence-electron chi connectivity index (χ1n) is 7.52. The second-order valence-electron chi connectivity index (χ2n) is 5.22. The van der Waals surface area contributed by atoms with Crippen LogP contribution in [0.25, 0.3) is 0 Å². The molecule has 2 atom stereocenters. The molecule has 0 radical (unpaired) electrons. The summed E-state index contributed by atoms with van der Waals surface area (Å²) in [5, 5.41) is 6.35. The molecule has 0 bridgehead atoms. The zero-order chi connectivity index (χ0) is 15.1. The SMILES string of the molecule is CCSc1ccc(C(C)NC(=O)CC2COCCN2)cc1.Cl. The molecule has 1 saturated heterocycles. The highest BCUT2D eigenvalue weighted by Gasteiger charge is 2.18. The molecular weight excluding hydrogens is 320 g/mol. The summed E-state index contributed by atoms with van der Waals surface area (Å²) in [6.45, 7) is 6.33. The summed E-state index contributed by atoms with van der Waals surface area (Å²) >= 11 is 1.82. The number of carbonyl (C=O) groups excluding carboxylic acids is 1. The molecule has 0 spiro atoms. The largest absolute Gasteiger partial charge is 0.378 e. The Balaban J connectivity index is 0.00000242.